The summed E-state index contributed by atoms with van der Waals surface area (Å²) in [5.74, 6) is -0.896. The van der Waals surface area contributed by atoms with Crippen molar-refractivity contribution in [3.63, 3.8) is 0 Å². The van der Waals surface area contributed by atoms with Gasteiger partial charge in [-0.05, 0) is 63.6 Å². The standard InChI is InChI=1S/C24H28N4O3/c1-5-28(20-8-6-7-16(2)13-20)12-11-25-23(29)15-31-24(30)19-9-10-21-22(14-19)27-18(4)17(3)26-21/h6-10,13-14H,5,11-12,15H2,1-4H3,(H,25,29). The summed E-state index contributed by atoms with van der Waals surface area (Å²) in [5.41, 5.74) is 5.65. The predicted octanol–water partition coefficient (Wildman–Crippen LogP) is 3.35. The molecule has 3 aromatic rings. The number of nitrogens with zero attached hydrogens (tertiary/aromatic N) is 3. The average Bonchev–Trinajstić information content (AvgIpc) is 2.75. The summed E-state index contributed by atoms with van der Waals surface area (Å²) in [7, 11) is 0. The highest BCUT2D eigenvalue weighted by molar-refractivity contribution is 5.94. The third-order valence-corrected chi connectivity index (χ3v) is 5.10. The normalized spacial score (nSPS) is 10.7. The molecule has 1 amide bonds. The van der Waals surface area contributed by atoms with E-state index in [2.05, 4.69) is 52.2 Å². The number of carbonyl (C=O) groups is 2. The molecular formula is C24H28N4O3. The summed E-state index contributed by atoms with van der Waals surface area (Å²) >= 11 is 0. The summed E-state index contributed by atoms with van der Waals surface area (Å²) in [5, 5.41) is 2.80. The zero-order valence-electron chi connectivity index (χ0n) is 18.4. The molecule has 0 fully saturated rings. The molecule has 0 unspecified atom stereocenters. The predicted molar refractivity (Wildman–Crippen MR) is 121 cm³/mol. The lowest BCUT2D eigenvalue weighted by atomic mass is 10.2. The highest BCUT2D eigenvalue weighted by Gasteiger charge is 2.13. The molecule has 0 spiro atoms. The fraction of sp³-hybridized carbons (Fsp3) is 0.333. The number of hydrogen-bond donors (Lipinski definition) is 1. The number of aryl methyl sites for hydroxylation is 3. The Hall–Kier alpha value is -3.48. The molecule has 7 nitrogen and oxygen atoms in total. The number of nitrogens with one attached hydrogen (secondary N) is 1. The molecule has 162 valence electrons. The van der Waals surface area contributed by atoms with E-state index in [-0.39, 0.29) is 12.5 Å². The Balaban J connectivity index is 1.49. The van der Waals surface area contributed by atoms with Crippen molar-refractivity contribution < 1.29 is 14.3 Å². The molecule has 7 heteroatoms. The van der Waals surface area contributed by atoms with E-state index in [4.69, 9.17) is 4.74 Å². The van der Waals surface area contributed by atoms with Gasteiger partial charge in [0.15, 0.2) is 6.61 Å². The summed E-state index contributed by atoms with van der Waals surface area (Å²) in [6, 6.07) is 13.2. The first-order chi connectivity index (χ1) is 14.9. The Morgan fingerprint density at radius 1 is 1.00 bits per heavy atom. The molecule has 1 heterocycles. The largest absolute Gasteiger partial charge is 0.452 e. The summed E-state index contributed by atoms with van der Waals surface area (Å²) in [4.78, 5) is 35.5. The molecule has 31 heavy (non-hydrogen) atoms. The number of carbonyl (C=O) groups excluding carboxylic acids is 2. The number of hydrogen-bond acceptors (Lipinski definition) is 6. The Bertz CT molecular complexity index is 1100. The summed E-state index contributed by atoms with van der Waals surface area (Å²) in [6.07, 6.45) is 0. The van der Waals surface area contributed by atoms with E-state index in [1.807, 2.05) is 19.9 Å². The van der Waals surface area contributed by atoms with Crippen LogP contribution in [0.4, 0.5) is 5.69 Å². The number of fused-ring (bicyclic) bond motifs is 1. The third-order valence-electron chi connectivity index (χ3n) is 5.10. The molecule has 1 aromatic heterocycles. The first kappa shape index (κ1) is 22.2. The fourth-order valence-corrected chi connectivity index (χ4v) is 3.25. The molecule has 0 aliphatic rings. The topological polar surface area (TPSA) is 84.4 Å². The number of amides is 1. The van der Waals surface area contributed by atoms with E-state index in [1.165, 1.54) is 5.56 Å². The van der Waals surface area contributed by atoms with Gasteiger partial charge >= 0.3 is 5.97 Å². The second kappa shape index (κ2) is 10.0. The van der Waals surface area contributed by atoms with Gasteiger partial charge in [-0.1, -0.05) is 12.1 Å². The van der Waals surface area contributed by atoms with Crippen molar-refractivity contribution in [1.82, 2.24) is 15.3 Å². The highest BCUT2D eigenvalue weighted by atomic mass is 16.5. The van der Waals surface area contributed by atoms with Gasteiger partial charge in [-0.25, -0.2) is 14.8 Å². The van der Waals surface area contributed by atoms with Crippen LogP contribution in [0.25, 0.3) is 11.0 Å². The lowest BCUT2D eigenvalue weighted by Gasteiger charge is -2.23. The molecule has 3 rings (SSSR count). The van der Waals surface area contributed by atoms with Gasteiger partial charge in [-0.15, -0.1) is 0 Å². The third kappa shape index (κ3) is 5.78. The van der Waals surface area contributed by atoms with Crippen molar-refractivity contribution in [2.45, 2.75) is 27.7 Å². The number of esters is 1. The molecule has 0 aliphatic heterocycles. The monoisotopic (exact) mass is 420 g/mol. The average molecular weight is 421 g/mol. The molecule has 0 saturated carbocycles. The second-order valence-corrected chi connectivity index (χ2v) is 7.44. The van der Waals surface area contributed by atoms with Gasteiger partial charge in [0.1, 0.15) is 0 Å². The minimum Gasteiger partial charge on any atom is -0.452 e. The first-order valence-electron chi connectivity index (χ1n) is 10.4. The van der Waals surface area contributed by atoms with Crippen LogP contribution < -0.4 is 10.2 Å². The highest BCUT2D eigenvalue weighted by Crippen LogP contribution is 2.16. The molecule has 0 saturated heterocycles. The molecule has 1 N–H and O–H groups in total. The summed E-state index contributed by atoms with van der Waals surface area (Å²) in [6.45, 7) is 9.52. The van der Waals surface area contributed by atoms with E-state index < -0.39 is 5.97 Å². The van der Waals surface area contributed by atoms with Crippen LogP contribution in [0.15, 0.2) is 42.5 Å². The summed E-state index contributed by atoms with van der Waals surface area (Å²) < 4.78 is 5.16. The zero-order chi connectivity index (χ0) is 22.4. The number of rotatable bonds is 8. The van der Waals surface area contributed by atoms with E-state index in [1.54, 1.807) is 18.2 Å². The number of likely N-dealkylation sites (N-methyl/N-ethyl adjacent to an activating group) is 1. The molecule has 0 radical (unpaired) electrons. The van der Waals surface area contributed by atoms with Gasteiger partial charge in [0.25, 0.3) is 5.91 Å². The van der Waals surface area contributed by atoms with Gasteiger partial charge < -0.3 is 15.0 Å². The van der Waals surface area contributed by atoms with Crippen molar-refractivity contribution in [1.29, 1.82) is 0 Å². The van der Waals surface area contributed by atoms with E-state index in [0.717, 1.165) is 23.6 Å². The zero-order valence-corrected chi connectivity index (χ0v) is 18.4. The number of ether oxygens (including phenoxy) is 1. The molecule has 2 aromatic carbocycles. The van der Waals surface area contributed by atoms with Gasteiger partial charge in [0.05, 0.1) is 28.0 Å². The molecule has 0 aliphatic carbocycles. The fourth-order valence-electron chi connectivity index (χ4n) is 3.25. The van der Waals surface area contributed by atoms with Gasteiger partial charge in [0.2, 0.25) is 0 Å². The quantitative estimate of drug-likeness (QED) is 0.563. The smallest absolute Gasteiger partial charge is 0.338 e. The maximum atomic E-state index is 12.3. The lowest BCUT2D eigenvalue weighted by Crippen LogP contribution is -2.36. The van der Waals surface area contributed by atoms with Crippen LogP contribution in [0, 0.1) is 20.8 Å². The Labute approximate surface area is 182 Å². The minimum absolute atomic E-state index is 0.327. The second-order valence-electron chi connectivity index (χ2n) is 7.44. The van der Waals surface area contributed by atoms with Crippen LogP contribution in [0.1, 0.15) is 34.2 Å². The Morgan fingerprint density at radius 2 is 1.74 bits per heavy atom. The van der Waals surface area contributed by atoms with Crippen molar-refractivity contribution >= 4 is 28.6 Å². The molecule has 0 bridgehead atoms. The van der Waals surface area contributed by atoms with Crippen LogP contribution in [-0.2, 0) is 9.53 Å². The maximum absolute atomic E-state index is 12.3. The van der Waals surface area contributed by atoms with Gasteiger partial charge in [0, 0.05) is 25.3 Å². The van der Waals surface area contributed by atoms with E-state index in [0.29, 0.717) is 29.7 Å². The van der Waals surface area contributed by atoms with E-state index in [9.17, 15) is 9.59 Å². The van der Waals surface area contributed by atoms with Gasteiger partial charge in [-0.2, -0.15) is 0 Å². The number of aromatic nitrogens is 2. The van der Waals surface area contributed by atoms with Crippen LogP contribution >= 0.6 is 0 Å². The van der Waals surface area contributed by atoms with Crippen molar-refractivity contribution in [3.05, 3.63) is 65.0 Å². The first-order valence-corrected chi connectivity index (χ1v) is 10.4. The number of benzene rings is 2. The minimum atomic E-state index is -0.563. The Kier molecular flexibility index (Phi) is 7.18. The van der Waals surface area contributed by atoms with Crippen molar-refractivity contribution in [3.8, 4) is 0 Å². The molecule has 0 atom stereocenters. The van der Waals surface area contributed by atoms with E-state index >= 15 is 0 Å². The van der Waals surface area contributed by atoms with Crippen LogP contribution in [0.3, 0.4) is 0 Å². The van der Waals surface area contributed by atoms with Crippen molar-refractivity contribution in [2.24, 2.45) is 0 Å². The SMILES string of the molecule is CCN(CCNC(=O)COC(=O)c1ccc2nc(C)c(C)nc2c1)c1cccc(C)c1. The van der Waals surface area contributed by atoms with Crippen LogP contribution in [0.2, 0.25) is 0 Å². The molecular weight excluding hydrogens is 392 g/mol. The van der Waals surface area contributed by atoms with Crippen LogP contribution in [0.5, 0.6) is 0 Å². The lowest BCUT2D eigenvalue weighted by molar-refractivity contribution is -0.124. The van der Waals surface area contributed by atoms with Gasteiger partial charge in [-0.3, -0.25) is 4.79 Å². The van der Waals surface area contributed by atoms with Crippen LogP contribution in [-0.4, -0.2) is 48.1 Å². The van der Waals surface area contributed by atoms with Crippen molar-refractivity contribution in [2.75, 3.05) is 31.1 Å². The number of anilines is 1. The maximum Gasteiger partial charge on any atom is 0.338 e. The Morgan fingerprint density at radius 3 is 2.45 bits per heavy atom.